The molecule has 0 saturated carbocycles. The molecule has 0 aromatic carbocycles. The van der Waals surface area contributed by atoms with Crippen LogP contribution in [0.25, 0.3) is 0 Å². The zero-order valence-electron chi connectivity index (χ0n) is 18.7. The van der Waals surface area contributed by atoms with Crippen molar-refractivity contribution in [2.24, 2.45) is 5.92 Å². The van der Waals surface area contributed by atoms with Gasteiger partial charge in [0.05, 0.1) is 5.92 Å². The molecule has 162 valence electrons. The molecule has 0 aliphatic heterocycles. The van der Waals surface area contributed by atoms with Gasteiger partial charge in [0, 0.05) is 5.57 Å². The van der Waals surface area contributed by atoms with Crippen LogP contribution in [0.2, 0.25) is 58.9 Å². The van der Waals surface area contributed by atoms with E-state index in [-0.39, 0.29) is 12.0 Å². The van der Waals surface area contributed by atoms with Crippen molar-refractivity contribution in [1.29, 1.82) is 0 Å². The first-order valence-electron chi connectivity index (χ1n) is 9.17. The molecule has 11 heteroatoms. The number of rotatable bonds is 12. The lowest BCUT2D eigenvalue weighted by Gasteiger charge is -2.40. The lowest BCUT2D eigenvalue weighted by atomic mass is 9.97. The van der Waals surface area contributed by atoms with E-state index in [2.05, 4.69) is 13.2 Å². The second-order valence-corrected chi connectivity index (χ2v) is 25.8. The summed E-state index contributed by atoms with van der Waals surface area (Å²) < 4.78 is 24.5. The maximum atomic E-state index is 12.9. The number of carboxylic acid groups (broad SMARTS) is 1. The molecule has 0 radical (unpaired) electrons. The molecule has 0 heterocycles. The Hall–Kier alpha value is -0.832. The maximum absolute atomic E-state index is 12.9. The van der Waals surface area contributed by atoms with E-state index in [4.69, 9.17) is 16.8 Å². The van der Waals surface area contributed by atoms with Gasteiger partial charge in [-0.3, -0.25) is 4.79 Å². The average Bonchev–Trinajstić information content (AvgIpc) is 2.36. The second kappa shape index (κ2) is 9.78. The first-order chi connectivity index (χ1) is 12.3. The molecule has 1 N–H and O–H groups in total. The fourth-order valence-electron chi connectivity index (χ4n) is 2.13. The normalized spacial score (nSPS) is 14.3. The van der Waals surface area contributed by atoms with Crippen LogP contribution in [0, 0.1) is 5.92 Å². The second-order valence-electron chi connectivity index (χ2n) is 9.47. The molecule has 0 fully saturated rings. The number of carbonyl (C=O) groups excluding carboxylic acids is 1. The van der Waals surface area contributed by atoms with E-state index in [0.29, 0.717) is 0 Å². The minimum atomic E-state index is -3.88. The lowest BCUT2D eigenvalue weighted by Crippen LogP contribution is -2.63. The van der Waals surface area contributed by atoms with Crippen molar-refractivity contribution >= 4 is 45.9 Å². The summed E-state index contributed by atoms with van der Waals surface area (Å²) in [6, 6.07) is 0. The van der Waals surface area contributed by atoms with Crippen molar-refractivity contribution in [3.63, 3.8) is 0 Å². The third-order valence-corrected chi connectivity index (χ3v) is 13.7. The van der Waals surface area contributed by atoms with Crippen LogP contribution < -0.4 is 0 Å². The topological polar surface area (TPSA) is 91.3 Å². The van der Waals surface area contributed by atoms with Gasteiger partial charge < -0.3 is 21.9 Å². The van der Waals surface area contributed by atoms with Crippen LogP contribution >= 0.6 is 0 Å². The van der Waals surface area contributed by atoms with Crippen LogP contribution in [-0.4, -0.2) is 51.0 Å². The lowest BCUT2D eigenvalue weighted by molar-refractivity contribution is -0.144. The third-order valence-electron chi connectivity index (χ3n) is 2.89. The summed E-state index contributed by atoms with van der Waals surface area (Å²) in [7, 11) is -10.6. The molecule has 0 bridgehead atoms. The van der Waals surface area contributed by atoms with Crippen LogP contribution in [0.4, 0.5) is 0 Å². The Bertz CT molecular complexity index is 559. The molecule has 0 aliphatic carbocycles. The summed E-state index contributed by atoms with van der Waals surface area (Å²) in [6.07, 6.45) is 1.49. The van der Waals surface area contributed by atoms with Crippen molar-refractivity contribution in [1.82, 2.24) is 0 Å². The summed E-state index contributed by atoms with van der Waals surface area (Å²) >= 11 is 0. The van der Waals surface area contributed by atoms with Crippen LogP contribution in [-0.2, 0) is 26.4 Å². The molecular formula is C17H36O7Si4. The van der Waals surface area contributed by atoms with Crippen molar-refractivity contribution < 1.29 is 31.5 Å². The molecule has 0 aromatic heterocycles. The van der Waals surface area contributed by atoms with Gasteiger partial charge in [0.25, 0.3) is 0 Å². The summed E-state index contributed by atoms with van der Waals surface area (Å²) in [5.74, 6) is -3.16. The Kier molecular flexibility index (Phi) is 9.49. The average molecular weight is 465 g/mol. The van der Waals surface area contributed by atoms with E-state index in [1.165, 1.54) is 6.08 Å². The van der Waals surface area contributed by atoms with Gasteiger partial charge in [-0.15, -0.1) is 6.58 Å². The minimum absolute atomic E-state index is 0.0659. The number of allylic oxidation sites excluding steroid dienone is 1. The first-order valence-corrected chi connectivity index (χ1v) is 21.0. The molecule has 0 amide bonds. The number of carboxylic acids is 1. The number of hydrogen-bond donors (Lipinski definition) is 1. The van der Waals surface area contributed by atoms with E-state index in [1.54, 1.807) is 0 Å². The monoisotopic (exact) mass is 464 g/mol. The Balaban J connectivity index is 6.06. The van der Waals surface area contributed by atoms with Crippen LogP contribution in [0.1, 0.15) is 6.42 Å². The van der Waals surface area contributed by atoms with E-state index in [1.807, 2.05) is 58.9 Å². The molecule has 0 rings (SSSR count). The highest BCUT2D eigenvalue weighted by molar-refractivity contribution is 6.88. The largest absolute Gasteiger partial charge is 0.719 e. The highest BCUT2D eigenvalue weighted by Crippen LogP contribution is 2.28. The predicted molar refractivity (Wildman–Crippen MR) is 120 cm³/mol. The fraction of sp³-hybridized carbons (Fsp3) is 0.647. The Morgan fingerprint density at radius 1 is 0.893 bits per heavy atom. The highest BCUT2D eigenvalue weighted by atomic mass is 28.5. The number of aliphatic carboxylic acids is 1. The quantitative estimate of drug-likeness (QED) is 0.261. The van der Waals surface area contributed by atoms with Crippen LogP contribution in [0.3, 0.4) is 0 Å². The van der Waals surface area contributed by atoms with E-state index < -0.39 is 51.9 Å². The van der Waals surface area contributed by atoms with Gasteiger partial charge in [-0.25, -0.2) is 4.79 Å². The van der Waals surface area contributed by atoms with Gasteiger partial charge in [-0.05, 0) is 65.3 Å². The van der Waals surface area contributed by atoms with Crippen LogP contribution in [0.5, 0.6) is 0 Å². The molecule has 0 spiro atoms. The molecule has 28 heavy (non-hydrogen) atoms. The van der Waals surface area contributed by atoms with E-state index >= 15 is 0 Å². The first kappa shape index (κ1) is 27.2. The van der Waals surface area contributed by atoms with Crippen molar-refractivity contribution in [2.75, 3.05) is 0 Å². The van der Waals surface area contributed by atoms with Gasteiger partial charge >= 0.3 is 21.0 Å². The van der Waals surface area contributed by atoms with Gasteiger partial charge in [0.15, 0.2) is 25.0 Å². The molecule has 0 aliphatic rings. The Morgan fingerprint density at radius 2 is 1.25 bits per heavy atom. The molecule has 1 atom stereocenters. The van der Waals surface area contributed by atoms with Crippen molar-refractivity contribution in [3.8, 4) is 0 Å². The molecule has 7 nitrogen and oxygen atoms in total. The third kappa shape index (κ3) is 10.6. The fourth-order valence-corrected chi connectivity index (χ4v) is 13.6. The molecule has 1 unspecified atom stereocenters. The van der Waals surface area contributed by atoms with E-state index in [9.17, 15) is 14.7 Å². The molecule has 0 saturated heterocycles. The van der Waals surface area contributed by atoms with Crippen molar-refractivity contribution in [3.05, 3.63) is 24.8 Å². The smallest absolute Gasteiger partial charge is 0.481 e. The molecule has 0 aromatic rings. The summed E-state index contributed by atoms with van der Waals surface area (Å²) in [4.78, 5) is 24.4. The van der Waals surface area contributed by atoms with Gasteiger partial charge in [-0.2, -0.15) is 0 Å². The zero-order chi connectivity index (χ0) is 22.6. The minimum Gasteiger partial charge on any atom is -0.481 e. The summed E-state index contributed by atoms with van der Waals surface area (Å²) in [5, 5.41) is 9.40. The SMILES string of the molecule is C=CCC(C(=C)C(=O)O[Si](O[Si](C)(C)C)(O[Si](C)(C)C)O[Si](C)(C)C)C(=O)O. The van der Waals surface area contributed by atoms with Crippen molar-refractivity contribution in [2.45, 2.75) is 65.3 Å². The van der Waals surface area contributed by atoms with Gasteiger partial charge in [0.1, 0.15) is 0 Å². The standard InChI is InChI=1S/C17H36O7Si4/c1-12-13-15(16(18)19)14(2)17(20)21-28(22-25(3,4)5,23-26(6,7)8)24-27(9,10)11/h12,15H,1-2,13H2,3-11H3,(H,18,19). The Morgan fingerprint density at radius 3 is 1.50 bits per heavy atom. The maximum Gasteiger partial charge on any atom is 0.719 e. The molecular weight excluding hydrogens is 429 g/mol. The van der Waals surface area contributed by atoms with Crippen LogP contribution in [0.15, 0.2) is 24.8 Å². The van der Waals surface area contributed by atoms with E-state index in [0.717, 1.165) is 0 Å². The summed E-state index contributed by atoms with van der Waals surface area (Å²) in [5.41, 5.74) is -0.179. The number of hydrogen-bond acceptors (Lipinski definition) is 6. The van der Waals surface area contributed by atoms with Gasteiger partial charge in [0.2, 0.25) is 0 Å². The Labute approximate surface area is 173 Å². The summed E-state index contributed by atoms with van der Waals surface area (Å²) in [6.45, 7) is 24.8. The van der Waals surface area contributed by atoms with Gasteiger partial charge in [-0.1, -0.05) is 12.7 Å². The highest BCUT2D eigenvalue weighted by Gasteiger charge is 2.57. The predicted octanol–water partition coefficient (Wildman–Crippen LogP) is 4.35. The zero-order valence-corrected chi connectivity index (χ0v) is 22.7. The number of carbonyl (C=O) groups is 2.